The Labute approximate surface area is 109 Å². The zero-order valence-corrected chi connectivity index (χ0v) is 11.5. The predicted octanol–water partition coefficient (Wildman–Crippen LogP) is 2.07. The third kappa shape index (κ3) is 3.62. The van der Waals surface area contributed by atoms with Gasteiger partial charge in [-0.15, -0.1) is 0 Å². The van der Waals surface area contributed by atoms with Gasteiger partial charge in [-0.25, -0.2) is 4.79 Å². The molecule has 1 rings (SSSR count). The molecular formula is C13H24N2O3. The van der Waals surface area contributed by atoms with Crippen LogP contribution in [0.15, 0.2) is 0 Å². The number of amides is 2. The van der Waals surface area contributed by atoms with E-state index in [2.05, 4.69) is 5.32 Å². The Hall–Kier alpha value is -1.26. The number of urea groups is 1. The third-order valence-electron chi connectivity index (χ3n) is 3.96. The Kier molecular flexibility index (Phi) is 5.44. The van der Waals surface area contributed by atoms with Crippen LogP contribution in [0.25, 0.3) is 0 Å². The van der Waals surface area contributed by atoms with E-state index in [1.807, 2.05) is 13.8 Å². The Bertz CT molecular complexity index is 307. The molecule has 2 amide bonds. The summed E-state index contributed by atoms with van der Waals surface area (Å²) >= 11 is 0. The lowest BCUT2D eigenvalue weighted by Gasteiger charge is -2.32. The summed E-state index contributed by atoms with van der Waals surface area (Å²) in [6.45, 7) is 4.00. The molecule has 0 aliphatic heterocycles. The molecule has 0 spiro atoms. The minimum Gasteiger partial charge on any atom is -0.481 e. The normalized spacial score (nSPS) is 25.3. The summed E-state index contributed by atoms with van der Waals surface area (Å²) in [5, 5.41) is 12.0. The van der Waals surface area contributed by atoms with Crippen molar-refractivity contribution in [2.45, 2.75) is 58.0 Å². The van der Waals surface area contributed by atoms with Crippen molar-refractivity contribution in [1.29, 1.82) is 0 Å². The molecule has 1 aliphatic carbocycles. The van der Waals surface area contributed by atoms with Gasteiger partial charge in [-0.05, 0) is 26.2 Å². The Morgan fingerprint density at radius 3 is 2.56 bits per heavy atom. The van der Waals surface area contributed by atoms with Crippen molar-refractivity contribution in [3.05, 3.63) is 0 Å². The molecule has 0 radical (unpaired) electrons. The molecule has 0 aromatic carbocycles. The second-order valence-corrected chi connectivity index (χ2v) is 5.15. The van der Waals surface area contributed by atoms with Gasteiger partial charge in [-0.2, -0.15) is 0 Å². The first-order valence-electron chi connectivity index (χ1n) is 6.73. The largest absolute Gasteiger partial charge is 0.481 e. The summed E-state index contributed by atoms with van der Waals surface area (Å²) in [6, 6.07) is -0.227. The van der Waals surface area contributed by atoms with Crippen molar-refractivity contribution >= 4 is 12.0 Å². The van der Waals surface area contributed by atoms with Gasteiger partial charge in [-0.3, -0.25) is 4.79 Å². The van der Waals surface area contributed by atoms with E-state index in [9.17, 15) is 9.59 Å². The van der Waals surface area contributed by atoms with Gasteiger partial charge in [0.25, 0.3) is 0 Å². The molecule has 0 bridgehead atoms. The number of carbonyl (C=O) groups is 2. The lowest BCUT2D eigenvalue weighted by molar-refractivity contribution is -0.143. The highest BCUT2D eigenvalue weighted by Gasteiger charge is 2.32. The number of carboxylic acid groups (broad SMARTS) is 1. The fourth-order valence-corrected chi connectivity index (χ4v) is 2.33. The Morgan fingerprint density at radius 1 is 1.39 bits per heavy atom. The van der Waals surface area contributed by atoms with Crippen LogP contribution in [0.4, 0.5) is 4.79 Å². The Balaban J connectivity index is 2.58. The van der Waals surface area contributed by atoms with E-state index in [4.69, 9.17) is 5.11 Å². The monoisotopic (exact) mass is 256 g/mol. The van der Waals surface area contributed by atoms with Crippen LogP contribution < -0.4 is 5.32 Å². The SMILES string of the molecule is CCC(C)N(C)C(=O)NC1CCCCC1C(=O)O. The molecule has 0 aromatic heterocycles. The van der Waals surface area contributed by atoms with E-state index in [0.29, 0.717) is 6.42 Å². The molecule has 1 saturated carbocycles. The lowest BCUT2D eigenvalue weighted by Crippen LogP contribution is -2.51. The number of nitrogens with one attached hydrogen (secondary N) is 1. The van der Waals surface area contributed by atoms with Gasteiger partial charge < -0.3 is 15.3 Å². The van der Waals surface area contributed by atoms with Crippen LogP contribution >= 0.6 is 0 Å². The number of rotatable bonds is 4. The molecule has 104 valence electrons. The molecule has 1 fully saturated rings. The molecule has 0 saturated heterocycles. The van der Waals surface area contributed by atoms with Crippen molar-refractivity contribution in [2.75, 3.05) is 7.05 Å². The van der Waals surface area contributed by atoms with Crippen molar-refractivity contribution < 1.29 is 14.7 Å². The van der Waals surface area contributed by atoms with Crippen molar-refractivity contribution in [2.24, 2.45) is 5.92 Å². The van der Waals surface area contributed by atoms with Gasteiger partial charge in [-0.1, -0.05) is 19.8 Å². The smallest absolute Gasteiger partial charge is 0.317 e. The summed E-state index contributed by atoms with van der Waals surface area (Å²) in [5.41, 5.74) is 0. The first-order chi connectivity index (χ1) is 8.47. The quantitative estimate of drug-likeness (QED) is 0.809. The van der Waals surface area contributed by atoms with Gasteiger partial charge >= 0.3 is 12.0 Å². The number of aliphatic carboxylic acids is 1. The fraction of sp³-hybridized carbons (Fsp3) is 0.846. The van der Waals surface area contributed by atoms with Crippen LogP contribution in [-0.4, -0.2) is 41.1 Å². The Morgan fingerprint density at radius 2 is 2.00 bits per heavy atom. The molecule has 5 heteroatoms. The summed E-state index contributed by atoms with van der Waals surface area (Å²) in [5.74, 6) is -1.24. The topological polar surface area (TPSA) is 69.6 Å². The molecule has 18 heavy (non-hydrogen) atoms. The number of carbonyl (C=O) groups excluding carboxylic acids is 1. The van der Waals surface area contributed by atoms with Gasteiger partial charge in [0.05, 0.1) is 5.92 Å². The second kappa shape index (κ2) is 6.61. The summed E-state index contributed by atoms with van der Waals surface area (Å²) in [7, 11) is 1.75. The maximum atomic E-state index is 12.0. The first kappa shape index (κ1) is 14.8. The van der Waals surface area contributed by atoms with Crippen LogP contribution in [0.1, 0.15) is 46.0 Å². The number of carboxylic acids is 1. The van der Waals surface area contributed by atoms with Crippen LogP contribution in [0.5, 0.6) is 0 Å². The fourth-order valence-electron chi connectivity index (χ4n) is 2.33. The highest BCUT2D eigenvalue weighted by molar-refractivity contribution is 5.77. The highest BCUT2D eigenvalue weighted by atomic mass is 16.4. The van der Waals surface area contributed by atoms with E-state index in [0.717, 1.165) is 25.7 Å². The van der Waals surface area contributed by atoms with Crippen LogP contribution in [0.2, 0.25) is 0 Å². The van der Waals surface area contributed by atoms with E-state index in [1.165, 1.54) is 0 Å². The molecule has 0 aromatic rings. The third-order valence-corrected chi connectivity index (χ3v) is 3.96. The van der Waals surface area contributed by atoms with E-state index in [1.54, 1.807) is 11.9 Å². The lowest BCUT2D eigenvalue weighted by atomic mass is 9.84. The summed E-state index contributed by atoms with van der Waals surface area (Å²) < 4.78 is 0. The molecule has 0 heterocycles. The predicted molar refractivity (Wildman–Crippen MR) is 69.4 cm³/mol. The number of hydrogen-bond acceptors (Lipinski definition) is 2. The van der Waals surface area contributed by atoms with Gasteiger partial charge in [0.1, 0.15) is 0 Å². The average Bonchev–Trinajstić information content (AvgIpc) is 2.37. The van der Waals surface area contributed by atoms with Gasteiger partial charge in [0.15, 0.2) is 0 Å². The zero-order chi connectivity index (χ0) is 13.7. The van der Waals surface area contributed by atoms with E-state index in [-0.39, 0.29) is 18.1 Å². The second-order valence-electron chi connectivity index (χ2n) is 5.15. The molecule has 3 atom stereocenters. The molecule has 3 unspecified atom stereocenters. The summed E-state index contributed by atoms with van der Waals surface area (Å²) in [6.07, 6.45) is 4.23. The molecule has 1 aliphatic rings. The molecular weight excluding hydrogens is 232 g/mol. The highest BCUT2D eigenvalue weighted by Crippen LogP contribution is 2.24. The molecule has 2 N–H and O–H groups in total. The van der Waals surface area contributed by atoms with Crippen LogP contribution in [0.3, 0.4) is 0 Å². The standard InChI is InChI=1S/C13H24N2O3/c1-4-9(2)15(3)13(18)14-11-8-6-5-7-10(11)12(16)17/h9-11H,4-8H2,1-3H3,(H,14,18)(H,16,17). The van der Waals surface area contributed by atoms with Crippen molar-refractivity contribution in [1.82, 2.24) is 10.2 Å². The number of nitrogens with zero attached hydrogens (tertiary/aromatic N) is 1. The first-order valence-corrected chi connectivity index (χ1v) is 6.73. The van der Waals surface area contributed by atoms with Crippen LogP contribution in [-0.2, 0) is 4.79 Å². The molecule has 5 nitrogen and oxygen atoms in total. The van der Waals surface area contributed by atoms with Crippen LogP contribution in [0, 0.1) is 5.92 Å². The van der Waals surface area contributed by atoms with Gasteiger partial charge in [0, 0.05) is 19.1 Å². The van der Waals surface area contributed by atoms with Crippen molar-refractivity contribution in [3.63, 3.8) is 0 Å². The minimum absolute atomic E-state index is 0.164. The van der Waals surface area contributed by atoms with E-state index < -0.39 is 11.9 Å². The zero-order valence-electron chi connectivity index (χ0n) is 11.5. The average molecular weight is 256 g/mol. The maximum absolute atomic E-state index is 12.0. The summed E-state index contributed by atoms with van der Waals surface area (Å²) in [4.78, 5) is 24.8. The van der Waals surface area contributed by atoms with Crippen molar-refractivity contribution in [3.8, 4) is 0 Å². The minimum atomic E-state index is -0.800. The number of hydrogen-bond donors (Lipinski definition) is 2. The maximum Gasteiger partial charge on any atom is 0.317 e. The van der Waals surface area contributed by atoms with Gasteiger partial charge in [0.2, 0.25) is 0 Å². The van der Waals surface area contributed by atoms with E-state index >= 15 is 0 Å².